The number of aromatic nitrogens is 1. The van der Waals surface area contributed by atoms with Crippen LogP contribution in [0.4, 0.5) is 13.2 Å². The van der Waals surface area contributed by atoms with E-state index < -0.39 is 23.7 Å². The number of halogens is 3. The molecule has 0 radical (unpaired) electrons. The fraction of sp³-hybridized carbons (Fsp3) is 0.286. The van der Waals surface area contributed by atoms with Gasteiger partial charge in [0.25, 0.3) is 5.88 Å². The molecule has 0 unspecified atom stereocenters. The zero-order valence-corrected chi connectivity index (χ0v) is 7.25. The molecule has 84 valence electrons. The van der Waals surface area contributed by atoms with Gasteiger partial charge in [-0.25, -0.2) is 4.98 Å². The monoisotopic (exact) mass is 224 g/mol. The second-order valence-electron chi connectivity index (χ2n) is 2.53. The molecule has 1 rings (SSSR count). The van der Waals surface area contributed by atoms with Gasteiger partial charge in [0.2, 0.25) is 0 Å². The van der Waals surface area contributed by atoms with Crippen molar-refractivity contribution < 1.29 is 28.1 Å². The average molecular weight is 224 g/mol. The molecule has 0 aromatic carbocycles. The van der Waals surface area contributed by atoms with Crippen LogP contribution in [0.5, 0.6) is 17.4 Å². The Bertz CT molecular complexity index is 367. The van der Waals surface area contributed by atoms with Gasteiger partial charge in [-0.05, 0) is 0 Å². The van der Waals surface area contributed by atoms with Crippen molar-refractivity contribution in [2.75, 3.05) is 0 Å². The van der Waals surface area contributed by atoms with Gasteiger partial charge in [-0.15, -0.1) is 13.2 Å². The topological polar surface area (TPSA) is 88.6 Å². The molecule has 8 heteroatoms. The van der Waals surface area contributed by atoms with Crippen LogP contribution in [0.3, 0.4) is 0 Å². The fourth-order valence-corrected chi connectivity index (χ4v) is 0.847. The Kier molecular flexibility index (Phi) is 2.89. The third-order valence-corrected chi connectivity index (χ3v) is 1.43. The van der Waals surface area contributed by atoms with Gasteiger partial charge in [-0.2, -0.15) is 0 Å². The molecule has 0 aliphatic heterocycles. The summed E-state index contributed by atoms with van der Waals surface area (Å²) in [5.74, 6) is -2.45. The second kappa shape index (κ2) is 3.81. The number of rotatable bonds is 2. The van der Waals surface area contributed by atoms with E-state index in [0.29, 0.717) is 6.07 Å². The average Bonchev–Trinajstić information content (AvgIpc) is 2.07. The first-order valence-corrected chi connectivity index (χ1v) is 3.71. The van der Waals surface area contributed by atoms with E-state index in [0.717, 1.165) is 0 Å². The molecule has 1 aromatic heterocycles. The van der Waals surface area contributed by atoms with E-state index in [1.807, 2.05) is 0 Å². The quantitative estimate of drug-likeness (QED) is 0.693. The van der Waals surface area contributed by atoms with E-state index >= 15 is 0 Å². The molecule has 0 amide bonds. The molecule has 0 spiro atoms. The summed E-state index contributed by atoms with van der Waals surface area (Å²) >= 11 is 0. The van der Waals surface area contributed by atoms with Crippen LogP contribution >= 0.6 is 0 Å². The molecular weight excluding hydrogens is 217 g/mol. The maximum Gasteiger partial charge on any atom is 0.574 e. The fourth-order valence-electron chi connectivity index (χ4n) is 0.847. The number of aromatic hydroxyl groups is 2. The molecule has 0 bridgehead atoms. The van der Waals surface area contributed by atoms with Gasteiger partial charge in [0.05, 0.1) is 5.69 Å². The Labute approximate surface area is 81.9 Å². The number of pyridine rings is 1. The Hall–Kier alpha value is -1.70. The lowest BCUT2D eigenvalue weighted by atomic mass is 10.3. The Morgan fingerprint density at radius 3 is 2.40 bits per heavy atom. The molecule has 0 saturated carbocycles. The van der Waals surface area contributed by atoms with Crippen LogP contribution < -0.4 is 10.5 Å². The van der Waals surface area contributed by atoms with Crippen LogP contribution in [0.25, 0.3) is 0 Å². The first-order chi connectivity index (χ1) is 6.83. The predicted molar refractivity (Wildman–Crippen MR) is 42.1 cm³/mol. The summed E-state index contributed by atoms with van der Waals surface area (Å²) < 4.78 is 38.8. The Morgan fingerprint density at radius 2 is 1.93 bits per heavy atom. The van der Waals surface area contributed by atoms with Crippen molar-refractivity contribution in [2.24, 2.45) is 5.73 Å². The number of nitrogens with zero attached hydrogens (tertiary/aromatic N) is 1. The summed E-state index contributed by atoms with van der Waals surface area (Å²) in [4.78, 5) is 3.21. The van der Waals surface area contributed by atoms with Crippen LogP contribution in [0.2, 0.25) is 0 Å². The lowest BCUT2D eigenvalue weighted by Gasteiger charge is -2.10. The first kappa shape index (κ1) is 11.4. The van der Waals surface area contributed by atoms with Crippen molar-refractivity contribution in [3.8, 4) is 17.4 Å². The molecule has 15 heavy (non-hydrogen) atoms. The van der Waals surface area contributed by atoms with Gasteiger partial charge < -0.3 is 20.7 Å². The van der Waals surface area contributed by atoms with E-state index in [9.17, 15) is 13.2 Å². The zero-order valence-electron chi connectivity index (χ0n) is 7.25. The molecule has 0 fully saturated rings. The molecule has 0 aliphatic carbocycles. The van der Waals surface area contributed by atoms with Crippen molar-refractivity contribution in [3.63, 3.8) is 0 Å². The minimum Gasteiger partial charge on any atom is -0.506 e. The number of alkyl halides is 3. The highest BCUT2D eigenvalue weighted by atomic mass is 19.4. The van der Waals surface area contributed by atoms with Crippen LogP contribution in [0.1, 0.15) is 5.69 Å². The van der Waals surface area contributed by atoms with Crippen LogP contribution in [-0.4, -0.2) is 21.6 Å². The van der Waals surface area contributed by atoms with E-state index in [1.165, 1.54) is 0 Å². The first-order valence-electron chi connectivity index (χ1n) is 3.71. The van der Waals surface area contributed by atoms with E-state index in [4.69, 9.17) is 15.9 Å². The van der Waals surface area contributed by atoms with Crippen LogP contribution in [0, 0.1) is 0 Å². The van der Waals surface area contributed by atoms with Crippen LogP contribution in [-0.2, 0) is 6.54 Å². The molecular formula is C7H7F3N2O3. The maximum atomic E-state index is 11.8. The molecule has 0 atom stereocenters. The summed E-state index contributed by atoms with van der Waals surface area (Å²) in [5.41, 5.74) is 4.89. The van der Waals surface area contributed by atoms with Crippen LogP contribution in [0.15, 0.2) is 6.07 Å². The van der Waals surface area contributed by atoms with Crippen molar-refractivity contribution in [1.29, 1.82) is 0 Å². The van der Waals surface area contributed by atoms with Gasteiger partial charge in [0.15, 0.2) is 5.75 Å². The third-order valence-electron chi connectivity index (χ3n) is 1.43. The smallest absolute Gasteiger partial charge is 0.506 e. The lowest BCUT2D eigenvalue weighted by Crippen LogP contribution is -2.18. The summed E-state index contributed by atoms with van der Waals surface area (Å²) in [5, 5.41) is 18.1. The van der Waals surface area contributed by atoms with Crippen molar-refractivity contribution in [3.05, 3.63) is 11.8 Å². The van der Waals surface area contributed by atoms with Gasteiger partial charge in [0, 0.05) is 12.6 Å². The van der Waals surface area contributed by atoms with E-state index in [-0.39, 0.29) is 12.2 Å². The molecule has 1 heterocycles. The summed E-state index contributed by atoms with van der Waals surface area (Å²) in [6.45, 7) is -0.277. The minimum atomic E-state index is -4.96. The van der Waals surface area contributed by atoms with Gasteiger partial charge >= 0.3 is 6.36 Å². The number of hydrogen-bond acceptors (Lipinski definition) is 5. The molecule has 5 nitrogen and oxygen atoms in total. The van der Waals surface area contributed by atoms with Gasteiger partial charge in [-0.1, -0.05) is 0 Å². The number of hydrogen-bond donors (Lipinski definition) is 3. The molecule has 4 N–H and O–H groups in total. The largest absolute Gasteiger partial charge is 0.574 e. The second-order valence-corrected chi connectivity index (χ2v) is 2.53. The van der Waals surface area contributed by atoms with Gasteiger partial charge in [0.1, 0.15) is 5.75 Å². The van der Waals surface area contributed by atoms with Gasteiger partial charge in [-0.3, -0.25) is 0 Å². The maximum absolute atomic E-state index is 11.8. The van der Waals surface area contributed by atoms with E-state index in [2.05, 4.69) is 9.72 Å². The minimum absolute atomic E-state index is 0.202. The standard InChI is InChI=1S/C7H7F3N2O3/c8-7(9,10)15-6-5(14)1-4(13)3(2-11)12-6/h1,13-14H,2,11H2. The zero-order chi connectivity index (χ0) is 11.6. The van der Waals surface area contributed by atoms with Crippen molar-refractivity contribution in [1.82, 2.24) is 4.98 Å². The molecule has 0 saturated heterocycles. The molecule has 0 aliphatic rings. The van der Waals surface area contributed by atoms with Crippen molar-refractivity contribution in [2.45, 2.75) is 12.9 Å². The lowest BCUT2D eigenvalue weighted by molar-refractivity contribution is -0.276. The summed E-state index contributed by atoms with van der Waals surface area (Å²) in [6.07, 6.45) is -4.96. The highest BCUT2D eigenvalue weighted by Crippen LogP contribution is 2.33. The van der Waals surface area contributed by atoms with E-state index in [1.54, 1.807) is 0 Å². The number of ether oxygens (including phenoxy) is 1. The normalized spacial score (nSPS) is 11.5. The predicted octanol–water partition coefficient (Wildman–Crippen LogP) is 0.850. The summed E-state index contributed by atoms with van der Waals surface area (Å²) in [7, 11) is 0. The number of nitrogens with two attached hydrogens (primary N) is 1. The highest BCUT2D eigenvalue weighted by molar-refractivity contribution is 5.41. The Morgan fingerprint density at radius 1 is 1.33 bits per heavy atom. The van der Waals surface area contributed by atoms with Crippen molar-refractivity contribution >= 4 is 0 Å². The Balaban J connectivity index is 3.08. The highest BCUT2D eigenvalue weighted by Gasteiger charge is 2.33. The SMILES string of the molecule is NCc1nc(OC(F)(F)F)c(O)cc1O. The summed E-state index contributed by atoms with van der Waals surface area (Å²) in [6, 6.07) is 0.677. The molecule has 1 aromatic rings. The third kappa shape index (κ3) is 2.88.